The van der Waals surface area contributed by atoms with E-state index in [1.54, 1.807) is 0 Å². The predicted octanol–water partition coefficient (Wildman–Crippen LogP) is 2.66. The molecule has 2 nitrogen and oxygen atoms in total. The Labute approximate surface area is 92.3 Å². The fourth-order valence-electron chi connectivity index (χ4n) is 3.36. The molecule has 0 bridgehead atoms. The van der Waals surface area contributed by atoms with Gasteiger partial charge in [0.1, 0.15) is 11.2 Å². The Morgan fingerprint density at radius 2 is 2.00 bits per heavy atom. The molecule has 1 aliphatic carbocycles. The smallest absolute Gasteiger partial charge is 0.121 e. The van der Waals surface area contributed by atoms with Gasteiger partial charge in [-0.25, -0.2) is 0 Å². The van der Waals surface area contributed by atoms with E-state index < -0.39 is 0 Å². The van der Waals surface area contributed by atoms with Crippen LogP contribution >= 0.6 is 0 Å². The monoisotopic (exact) mass is 210 g/mol. The van der Waals surface area contributed by atoms with Gasteiger partial charge in [-0.3, -0.25) is 0 Å². The summed E-state index contributed by atoms with van der Waals surface area (Å²) in [4.78, 5) is 0. The summed E-state index contributed by atoms with van der Waals surface area (Å²) in [6.45, 7) is 8.65. The van der Waals surface area contributed by atoms with Crippen molar-refractivity contribution in [1.82, 2.24) is 0 Å². The number of epoxide rings is 1. The van der Waals surface area contributed by atoms with Gasteiger partial charge in [-0.05, 0) is 19.8 Å². The number of fused-ring (bicyclic) bond motifs is 1. The maximum absolute atomic E-state index is 9.84. The molecule has 0 aromatic carbocycles. The minimum absolute atomic E-state index is 0.0328. The summed E-state index contributed by atoms with van der Waals surface area (Å²) in [5, 5.41) is 9.84. The summed E-state index contributed by atoms with van der Waals surface area (Å²) in [5.74, 6) is 0. The molecule has 86 valence electrons. The zero-order chi connectivity index (χ0) is 11.3. The van der Waals surface area contributed by atoms with Crippen molar-refractivity contribution in [2.75, 3.05) is 0 Å². The Hall–Kier alpha value is -0.340. The molecule has 15 heavy (non-hydrogen) atoms. The summed E-state index contributed by atoms with van der Waals surface area (Å²) in [6.07, 6.45) is 6.83. The van der Waals surface area contributed by atoms with Crippen molar-refractivity contribution >= 4 is 0 Å². The van der Waals surface area contributed by atoms with E-state index in [0.717, 1.165) is 19.3 Å². The van der Waals surface area contributed by atoms with Gasteiger partial charge in [0.25, 0.3) is 0 Å². The second-order valence-corrected chi connectivity index (χ2v) is 5.83. The zero-order valence-corrected chi connectivity index (χ0v) is 10.2. The van der Waals surface area contributed by atoms with Gasteiger partial charge in [0.15, 0.2) is 0 Å². The average molecular weight is 210 g/mol. The van der Waals surface area contributed by atoms with Crippen molar-refractivity contribution in [2.45, 2.75) is 64.3 Å². The molecule has 2 fully saturated rings. The summed E-state index contributed by atoms with van der Waals surface area (Å²) in [5.41, 5.74) is -0.236. The quantitative estimate of drug-likeness (QED) is 0.561. The van der Waals surface area contributed by atoms with Gasteiger partial charge in [0.2, 0.25) is 0 Å². The molecule has 0 aromatic rings. The van der Waals surface area contributed by atoms with Gasteiger partial charge in [0, 0.05) is 11.8 Å². The summed E-state index contributed by atoms with van der Waals surface area (Å²) in [6, 6.07) is 0. The lowest BCUT2D eigenvalue weighted by Crippen LogP contribution is -2.46. The van der Waals surface area contributed by atoms with Crippen LogP contribution in [-0.2, 0) is 4.74 Å². The highest BCUT2D eigenvalue weighted by molar-refractivity contribution is 5.31. The highest BCUT2D eigenvalue weighted by atomic mass is 16.6. The lowest BCUT2D eigenvalue weighted by molar-refractivity contribution is 0.0514. The highest BCUT2D eigenvalue weighted by Gasteiger charge is 2.74. The fourth-order valence-corrected chi connectivity index (χ4v) is 3.36. The number of allylic oxidation sites excluding steroid dienone is 1. The minimum Gasteiger partial charge on any atom is -0.393 e. The Morgan fingerprint density at radius 1 is 1.33 bits per heavy atom. The van der Waals surface area contributed by atoms with E-state index in [2.05, 4.69) is 39.8 Å². The van der Waals surface area contributed by atoms with E-state index in [0.29, 0.717) is 0 Å². The van der Waals surface area contributed by atoms with Crippen LogP contribution in [0.5, 0.6) is 0 Å². The maximum atomic E-state index is 9.84. The number of hydrogen-bond donors (Lipinski definition) is 1. The molecule has 0 radical (unpaired) electrons. The first kappa shape index (κ1) is 11.2. The average Bonchev–Trinajstić information content (AvgIpc) is 2.67. The molecule has 1 saturated heterocycles. The van der Waals surface area contributed by atoms with Crippen LogP contribution in [-0.4, -0.2) is 22.4 Å². The molecule has 1 aliphatic heterocycles. The molecule has 1 heterocycles. The number of rotatable bonds is 2. The molecule has 1 N–H and O–H groups in total. The van der Waals surface area contributed by atoms with Gasteiger partial charge in [0.05, 0.1) is 6.10 Å². The van der Waals surface area contributed by atoms with Crippen LogP contribution in [0.3, 0.4) is 0 Å². The molecule has 0 unspecified atom stereocenters. The predicted molar refractivity (Wildman–Crippen MR) is 60.7 cm³/mol. The van der Waals surface area contributed by atoms with Crippen LogP contribution in [0.25, 0.3) is 0 Å². The Morgan fingerprint density at radius 3 is 2.53 bits per heavy atom. The number of aliphatic hydroxyl groups excluding tert-OH is 1. The van der Waals surface area contributed by atoms with Crippen molar-refractivity contribution in [2.24, 2.45) is 5.41 Å². The van der Waals surface area contributed by atoms with Crippen LogP contribution in [0.4, 0.5) is 0 Å². The summed E-state index contributed by atoms with van der Waals surface area (Å²) in [7, 11) is 0. The largest absolute Gasteiger partial charge is 0.393 e. The third-order valence-electron chi connectivity index (χ3n) is 4.09. The normalized spacial score (nSPS) is 47.9. The van der Waals surface area contributed by atoms with E-state index in [9.17, 15) is 5.11 Å². The van der Waals surface area contributed by atoms with Crippen LogP contribution in [0.1, 0.15) is 47.0 Å². The standard InChI is InChI=1S/C13H22O2/c1-5-6-7-13-11(2,3)8-10(14)9-12(13,4)15-13/h6-7,10,14H,5,8-9H2,1-4H3/b7-6+/t10-,12-,13+/m1/s1. The molecule has 0 spiro atoms. The molecule has 2 rings (SSSR count). The molecule has 0 aromatic heterocycles. The topological polar surface area (TPSA) is 32.8 Å². The van der Waals surface area contributed by atoms with Crippen LogP contribution < -0.4 is 0 Å². The van der Waals surface area contributed by atoms with Gasteiger partial charge in [-0.2, -0.15) is 0 Å². The molecule has 2 heteroatoms. The number of ether oxygens (including phenoxy) is 1. The Kier molecular flexibility index (Phi) is 2.29. The first-order valence-corrected chi connectivity index (χ1v) is 5.93. The summed E-state index contributed by atoms with van der Waals surface area (Å²) < 4.78 is 5.99. The third kappa shape index (κ3) is 1.38. The molecular weight excluding hydrogens is 188 g/mol. The second-order valence-electron chi connectivity index (χ2n) is 5.83. The van der Waals surface area contributed by atoms with E-state index >= 15 is 0 Å². The van der Waals surface area contributed by atoms with E-state index in [-0.39, 0.29) is 22.7 Å². The Balaban J connectivity index is 2.29. The molecule has 2 aliphatic rings. The number of hydrogen-bond acceptors (Lipinski definition) is 2. The van der Waals surface area contributed by atoms with Crippen LogP contribution in [0.15, 0.2) is 12.2 Å². The second kappa shape index (κ2) is 3.08. The van der Waals surface area contributed by atoms with E-state index in [1.165, 1.54) is 0 Å². The van der Waals surface area contributed by atoms with Gasteiger partial charge in [-0.1, -0.05) is 32.9 Å². The highest BCUT2D eigenvalue weighted by Crippen LogP contribution is 2.65. The molecule has 3 atom stereocenters. The van der Waals surface area contributed by atoms with Gasteiger partial charge in [-0.15, -0.1) is 0 Å². The molecule has 1 saturated carbocycles. The van der Waals surface area contributed by atoms with Crippen molar-refractivity contribution in [3.63, 3.8) is 0 Å². The van der Waals surface area contributed by atoms with Crippen LogP contribution in [0.2, 0.25) is 0 Å². The number of aliphatic hydroxyl groups is 1. The van der Waals surface area contributed by atoms with E-state index in [1.807, 2.05) is 0 Å². The summed E-state index contributed by atoms with van der Waals surface area (Å²) >= 11 is 0. The van der Waals surface area contributed by atoms with Crippen LogP contribution in [0, 0.1) is 5.41 Å². The Bertz CT molecular complexity index is 295. The van der Waals surface area contributed by atoms with Gasteiger partial charge < -0.3 is 9.84 Å². The van der Waals surface area contributed by atoms with E-state index in [4.69, 9.17) is 4.74 Å². The zero-order valence-electron chi connectivity index (χ0n) is 10.2. The lowest BCUT2D eigenvalue weighted by Gasteiger charge is -2.39. The first-order chi connectivity index (χ1) is 6.87. The van der Waals surface area contributed by atoms with Crippen molar-refractivity contribution < 1.29 is 9.84 Å². The molecule has 0 amide bonds. The fraction of sp³-hybridized carbons (Fsp3) is 0.846. The minimum atomic E-state index is -0.212. The van der Waals surface area contributed by atoms with Crippen molar-refractivity contribution in [1.29, 1.82) is 0 Å². The lowest BCUT2D eigenvalue weighted by atomic mass is 9.63. The SMILES string of the molecule is CC/C=C/[C@@]12O[C@]1(C)C[C@H](O)CC2(C)C. The maximum Gasteiger partial charge on any atom is 0.121 e. The van der Waals surface area contributed by atoms with Crippen molar-refractivity contribution in [3.8, 4) is 0 Å². The first-order valence-electron chi connectivity index (χ1n) is 5.93. The van der Waals surface area contributed by atoms with Crippen molar-refractivity contribution in [3.05, 3.63) is 12.2 Å². The third-order valence-corrected chi connectivity index (χ3v) is 4.09. The van der Waals surface area contributed by atoms with Gasteiger partial charge >= 0.3 is 0 Å². The molecular formula is C13H22O2.